The monoisotopic (exact) mass is 408 g/mol. The van der Waals surface area contributed by atoms with Gasteiger partial charge >= 0.3 is 5.97 Å². The van der Waals surface area contributed by atoms with Crippen molar-refractivity contribution in [3.05, 3.63) is 53.1 Å². The first kappa shape index (κ1) is 20.1. The fraction of sp³-hybridized carbons (Fsp3) is 0.368. The van der Waals surface area contributed by atoms with Crippen LogP contribution in [0.25, 0.3) is 5.69 Å². The van der Waals surface area contributed by atoms with Crippen LogP contribution in [-0.4, -0.2) is 49.0 Å². The van der Waals surface area contributed by atoms with Gasteiger partial charge in [0.1, 0.15) is 5.82 Å². The Labute approximate surface area is 162 Å². The number of esters is 1. The molecule has 28 heavy (non-hydrogen) atoms. The van der Waals surface area contributed by atoms with Crippen LogP contribution in [0.2, 0.25) is 0 Å². The molecule has 150 valence electrons. The minimum Gasteiger partial charge on any atom is -0.452 e. The molecule has 0 radical (unpaired) electrons. The number of aryl methyl sites for hydroxylation is 1. The largest absolute Gasteiger partial charge is 0.452 e. The van der Waals surface area contributed by atoms with Crippen LogP contribution in [-0.2, 0) is 19.4 Å². The van der Waals surface area contributed by atoms with Gasteiger partial charge in [-0.05, 0) is 50.6 Å². The van der Waals surface area contributed by atoms with E-state index in [1.807, 2.05) is 0 Å². The minimum absolute atomic E-state index is 0.0487. The molecule has 1 aliphatic rings. The highest BCUT2D eigenvalue weighted by Gasteiger charge is 2.29. The van der Waals surface area contributed by atoms with Crippen molar-refractivity contribution in [1.82, 2.24) is 9.88 Å². The Morgan fingerprint density at radius 3 is 2.54 bits per heavy atom. The maximum Gasteiger partial charge on any atom is 0.340 e. The summed E-state index contributed by atoms with van der Waals surface area (Å²) in [6.45, 7) is 3.05. The van der Waals surface area contributed by atoms with Crippen LogP contribution in [0.15, 0.2) is 30.3 Å². The zero-order valence-corrected chi connectivity index (χ0v) is 16.4. The Kier molecular flexibility index (Phi) is 5.55. The second-order valence-corrected chi connectivity index (χ2v) is 9.07. The van der Waals surface area contributed by atoms with E-state index in [0.717, 1.165) is 5.69 Å². The van der Waals surface area contributed by atoms with E-state index in [4.69, 9.17) is 4.74 Å². The fourth-order valence-corrected chi connectivity index (χ4v) is 5.02. The Bertz CT molecular complexity index is 1010. The summed E-state index contributed by atoms with van der Waals surface area (Å²) >= 11 is 0. The third kappa shape index (κ3) is 4.41. The second kappa shape index (κ2) is 7.75. The number of rotatable bonds is 5. The Hall–Kier alpha value is -2.68. The number of hydrogen-bond acceptors (Lipinski definition) is 5. The lowest BCUT2D eigenvalue weighted by Gasteiger charge is -2.11. The average molecular weight is 408 g/mol. The molecule has 1 aromatic heterocycles. The maximum atomic E-state index is 13.1. The molecule has 1 N–H and O–H groups in total. The topological polar surface area (TPSA) is 94.5 Å². The molecule has 7 nitrogen and oxygen atoms in total. The van der Waals surface area contributed by atoms with Crippen molar-refractivity contribution in [3.8, 4) is 5.69 Å². The molecule has 1 aromatic carbocycles. The number of ether oxygens (including phenoxy) is 1. The molecular formula is C19H21FN2O5S. The van der Waals surface area contributed by atoms with Gasteiger partial charge in [0, 0.05) is 23.1 Å². The first-order valence-electron chi connectivity index (χ1n) is 8.78. The van der Waals surface area contributed by atoms with Gasteiger partial charge in [-0.15, -0.1) is 0 Å². The molecule has 3 rings (SSSR count). The van der Waals surface area contributed by atoms with Gasteiger partial charge in [-0.2, -0.15) is 0 Å². The van der Waals surface area contributed by atoms with Gasteiger partial charge in [0.15, 0.2) is 16.4 Å². The number of amides is 1. The molecule has 0 unspecified atom stereocenters. The van der Waals surface area contributed by atoms with Crippen LogP contribution in [0.5, 0.6) is 0 Å². The first-order chi connectivity index (χ1) is 13.2. The molecular weight excluding hydrogens is 387 g/mol. The number of aromatic nitrogens is 1. The predicted octanol–water partition coefficient (Wildman–Crippen LogP) is 1.69. The van der Waals surface area contributed by atoms with Crippen molar-refractivity contribution in [1.29, 1.82) is 0 Å². The molecule has 0 bridgehead atoms. The van der Waals surface area contributed by atoms with Crippen LogP contribution in [0.4, 0.5) is 4.39 Å². The van der Waals surface area contributed by atoms with E-state index < -0.39 is 34.4 Å². The van der Waals surface area contributed by atoms with Crippen LogP contribution >= 0.6 is 0 Å². The number of sulfone groups is 1. The van der Waals surface area contributed by atoms with Crippen LogP contribution in [0.1, 0.15) is 28.2 Å². The van der Waals surface area contributed by atoms with Crippen molar-refractivity contribution in [3.63, 3.8) is 0 Å². The zero-order chi connectivity index (χ0) is 20.5. The highest BCUT2D eigenvalue weighted by molar-refractivity contribution is 7.91. The van der Waals surface area contributed by atoms with E-state index >= 15 is 0 Å². The van der Waals surface area contributed by atoms with E-state index in [2.05, 4.69) is 5.32 Å². The molecule has 1 saturated heterocycles. The van der Waals surface area contributed by atoms with Gasteiger partial charge in [-0.3, -0.25) is 4.79 Å². The summed E-state index contributed by atoms with van der Waals surface area (Å²) in [7, 11) is -3.10. The first-order valence-corrected chi connectivity index (χ1v) is 10.6. The maximum absolute atomic E-state index is 13.1. The van der Waals surface area contributed by atoms with Crippen molar-refractivity contribution < 1.29 is 27.1 Å². The van der Waals surface area contributed by atoms with Crippen LogP contribution < -0.4 is 5.32 Å². The summed E-state index contributed by atoms with van der Waals surface area (Å²) in [6.07, 6.45) is 0.362. The summed E-state index contributed by atoms with van der Waals surface area (Å²) < 4.78 is 42.9. The highest BCUT2D eigenvalue weighted by Crippen LogP contribution is 2.22. The van der Waals surface area contributed by atoms with Gasteiger partial charge in [0.25, 0.3) is 5.91 Å². The lowest BCUT2D eigenvalue weighted by Crippen LogP contribution is -2.38. The van der Waals surface area contributed by atoms with E-state index in [0.29, 0.717) is 23.4 Å². The van der Waals surface area contributed by atoms with Gasteiger partial charge in [0.05, 0.1) is 17.1 Å². The number of carbonyl (C=O) groups is 2. The molecule has 0 spiro atoms. The van der Waals surface area contributed by atoms with E-state index in [1.165, 1.54) is 12.1 Å². The van der Waals surface area contributed by atoms with E-state index in [-0.39, 0.29) is 17.3 Å². The van der Waals surface area contributed by atoms with E-state index in [9.17, 15) is 22.4 Å². The molecule has 1 amide bonds. The number of halogens is 1. The van der Waals surface area contributed by atoms with Crippen molar-refractivity contribution in [2.24, 2.45) is 0 Å². The number of benzene rings is 1. The third-order valence-electron chi connectivity index (χ3n) is 4.67. The van der Waals surface area contributed by atoms with Gasteiger partial charge < -0.3 is 14.6 Å². The number of hydrogen-bond donors (Lipinski definition) is 1. The zero-order valence-electron chi connectivity index (χ0n) is 15.6. The average Bonchev–Trinajstić information content (AvgIpc) is 3.12. The van der Waals surface area contributed by atoms with E-state index in [1.54, 1.807) is 36.6 Å². The van der Waals surface area contributed by atoms with Crippen molar-refractivity contribution in [2.75, 3.05) is 18.1 Å². The Morgan fingerprint density at radius 2 is 1.93 bits per heavy atom. The SMILES string of the molecule is Cc1cc(C(=O)OCC(=O)N[C@H]2CCS(=O)(=O)C2)c(C)n1-c1ccc(F)cc1. The summed E-state index contributed by atoms with van der Waals surface area (Å²) in [5, 5.41) is 2.57. The molecule has 2 aromatic rings. The second-order valence-electron chi connectivity index (χ2n) is 6.84. The highest BCUT2D eigenvalue weighted by atomic mass is 32.2. The Morgan fingerprint density at radius 1 is 1.25 bits per heavy atom. The van der Waals surface area contributed by atoms with Gasteiger partial charge in [-0.25, -0.2) is 17.6 Å². The normalized spacial score (nSPS) is 18.0. The quantitative estimate of drug-likeness (QED) is 0.760. The van der Waals surface area contributed by atoms with Crippen molar-refractivity contribution >= 4 is 21.7 Å². The number of carbonyl (C=O) groups excluding carboxylic acids is 2. The molecule has 1 aliphatic heterocycles. The summed E-state index contributed by atoms with van der Waals surface area (Å²) in [6, 6.07) is 7.07. The van der Waals surface area contributed by atoms with Crippen LogP contribution in [0.3, 0.4) is 0 Å². The lowest BCUT2D eigenvalue weighted by atomic mass is 10.2. The minimum atomic E-state index is -3.10. The fourth-order valence-electron chi connectivity index (χ4n) is 3.34. The number of nitrogens with zero attached hydrogens (tertiary/aromatic N) is 1. The lowest BCUT2D eigenvalue weighted by molar-refractivity contribution is -0.124. The van der Waals surface area contributed by atoms with Crippen molar-refractivity contribution in [2.45, 2.75) is 26.3 Å². The van der Waals surface area contributed by atoms with Gasteiger partial charge in [0.2, 0.25) is 0 Å². The summed E-state index contributed by atoms with van der Waals surface area (Å²) in [5.74, 6) is -1.59. The summed E-state index contributed by atoms with van der Waals surface area (Å²) in [5.41, 5.74) is 2.38. The van der Waals surface area contributed by atoms with Gasteiger partial charge in [-0.1, -0.05) is 0 Å². The predicted molar refractivity (Wildman–Crippen MR) is 101 cm³/mol. The molecule has 0 saturated carbocycles. The number of nitrogens with one attached hydrogen (secondary N) is 1. The Balaban J connectivity index is 1.64. The van der Waals surface area contributed by atoms with Crippen LogP contribution in [0, 0.1) is 19.7 Å². The summed E-state index contributed by atoms with van der Waals surface area (Å²) in [4.78, 5) is 24.3. The third-order valence-corrected chi connectivity index (χ3v) is 6.44. The molecule has 0 aliphatic carbocycles. The molecule has 1 atom stereocenters. The standard InChI is InChI=1S/C19H21FN2O5S/c1-12-9-17(13(2)22(12)16-5-3-14(20)4-6-16)19(24)27-10-18(23)21-15-7-8-28(25,26)11-15/h3-6,9,15H,7-8,10-11H2,1-2H3,(H,21,23)/t15-/m0/s1. The smallest absolute Gasteiger partial charge is 0.340 e. The molecule has 2 heterocycles. The molecule has 9 heteroatoms. The molecule has 1 fully saturated rings.